The van der Waals surface area contributed by atoms with Crippen LogP contribution in [0, 0.1) is 53.4 Å². The van der Waals surface area contributed by atoms with Crippen molar-refractivity contribution in [1.82, 2.24) is 40.2 Å². The van der Waals surface area contributed by atoms with Gasteiger partial charge >= 0.3 is 19.2 Å². The SMILES string of the molecule is CC.CC[C@@H]1CCN(C(=O)Nc2ccc(C)c(-c3cc(-c4c(C)n[nH]c4C)nc(N4CCOCC4)c3)c2)C1.CC[C@@H]1CCN(C(=O)Nc2ccc(C)c(-c3cc(Cl)nc(N4CCOCC4)c3)c2)C1.Cc1n[nH]c(C)c1B1OC(C)(C)C(C)(C)O1. The summed E-state index contributed by atoms with van der Waals surface area (Å²) in [5.41, 5.74) is 14.3. The number of aromatic amines is 2. The maximum absolute atomic E-state index is 12.9. The monoisotopic (exact) mass is 1170 g/mol. The molecule has 2 aromatic carbocycles. The van der Waals surface area contributed by atoms with Crippen molar-refractivity contribution in [3.8, 4) is 33.5 Å². The highest BCUT2D eigenvalue weighted by Gasteiger charge is 2.53. The molecule has 0 spiro atoms. The molecule has 4 N–H and O–H groups in total. The first-order valence-electron chi connectivity index (χ1n) is 30.3. The van der Waals surface area contributed by atoms with Gasteiger partial charge in [-0.25, -0.2) is 19.6 Å². The number of carbonyl (C=O) groups excluding carboxylic acids is 2. The predicted molar refractivity (Wildman–Crippen MR) is 340 cm³/mol. The van der Waals surface area contributed by atoms with Gasteiger partial charge in [0.2, 0.25) is 0 Å². The largest absolute Gasteiger partial charge is 0.498 e. The number of rotatable bonds is 10. The van der Waals surface area contributed by atoms with Gasteiger partial charge in [-0.3, -0.25) is 10.2 Å². The zero-order chi connectivity index (χ0) is 60.5. The number of nitrogens with one attached hydrogen (secondary N) is 4. The number of morpholine rings is 2. The molecule has 0 aliphatic carbocycles. The number of pyridine rings is 2. The molecule has 4 amide bonds. The lowest BCUT2D eigenvalue weighted by Crippen LogP contribution is -2.41. The number of anilines is 4. The summed E-state index contributed by atoms with van der Waals surface area (Å²) in [7, 11) is -0.316. The molecule has 0 saturated carbocycles. The van der Waals surface area contributed by atoms with Crippen molar-refractivity contribution >= 4 is 59.3 Å². The van der Waals surface area contributed by atoms with E-state index in [0.717, 1.165) is 174 Å². The van der Waals surface area contributed by atoms with Gasteiger partial charge in [0.05, 0.1) is 54.7 Å². The fraction of sp³-hybridized carbons (Fsp3) is 0.531. The van der Waals surface area contributed by atoms with Crippen LogP contribution in [-0.4, -0.2) is 149 Å². The summed E-state index contributed by atoms with van der Waals surface area (Å²) in [6.45, 7) is 38.1. The Morgan fingerprint density at radius 3 is 1.50 bits per heavy atom. The number of halogens is 1. The van der Waals surface area contributed by atoms with E-state index in [4.69, 9.17) is 35.4 Å². The van der Waals surface area contributed by atoms with Crippen LogP contribution in [0.5, 0.6) is 0 Å². The Morgan fingerprint density at radius 2 is 1.07 bits per heavy atom. The number of amides is 4. The lowest BCUT2D eigenvalue weighted by atomic mass is 9.77. The smallest absolute Gasteiger partial charge is 0.399 e. The number of likely N-dealkylation sites (tertiary alicyclic amines) is 2. The van der Waals surface area contributed by atoms with E-state index in [2.05, 4.69) is 132 Å². The zero-order valence-corrected chi connectivity index (χ0v) is 53.0. The standard InChI is InChI=1S/C28H36N6O2.C23H29ClN4O2.C11H19BN2O2.C2H6/c1-5-21-8-9-34(17-21)28(35)29-23-7-6-18(2)24(16-23)22-14-25(27-19(3)31-32-20(27)4)30-26(15-22)33-10-12-36-13-11-33;1-3-17-6-7-28(15-17)23(29)25-19-5-4-16(2)20(14-19)18-12-21(24)26-22(13-18)27-8-10-30-11-9-27;1-7-9(8(2)14-13-7)12-15-10(3,4)11(5,6)16-12;1-2/h6-7,14-16,21H,5,8-13,17H2,1-4H3,(H,29,35)(H,31,32);4-5,12-14,17H,3,6-11,15H2,1-2H3,(H,25,29);1-6H3,(H,13,14);1-2H3/t21-;17-;;/m11../s1. The second kappa shape index (κ2) is 28.1. The summed E-state index contributed by atoms with van der Waals surface area (Å²) in [5.74, 6) is 3.01. The Kier molecular flexibility index (Phi) is 21.3. The molecule has 6 aromatic rings. The summed E-state index contributed by atoms with van der Waals surface area (Å²) < 4.78 is 23.0. The van der Waals surface area contributed by atoms with Gasteiger partial charge in [-0.05, 0) is 176 Å². The highest BCUT2D eigenvalue weighted by molar-refractivity contribution is 6.63. The van der Waals surface area contributed by atoms with E-state index in [9.17, 15) is 9.59 Å². The predicted octanol–water partition coefficient (Wildman–Crippen LogP) is 12.3. The maximum atomic E-state index is 12.9. The van der Waals surface area contributed by atoms with Gasteiger partial charge in [0.25, 0.3) is 0 Å². The summed E-state index contributed by atoms with van der Waals surface area (Å²) >= 11 is 6.36. The molecule has 5 aliphatic heterocycles. The van der Waals surface area contributed by atoms with Crippen molar-refractivity contribution in [2.24, 2.45) is 11.8 Å². The molecule has 5 aliphatic rings. The number of H-pyrrole nitrogens is 2. The average molecular weight is 1170 g/mol. The highest BCUT2D eigenvalue weighted by Crippen LogP contribution is 2.38. The number of urea groups is 2. The van der Waals surface area contributed by atoms with Crippen LogP contribution in [0.2, 0.25) is 5.15 Å². The van der Waals surface area contributed by atoms with E-state index >= 15 is 0 Å². The van der Waals surface area contributed by atoms with Crippen LogP contribution >= 0.6 is 11.6 Å². The van der Waals surface area contributed by atoms with Crippen LogP contribution in [0.3, 0.4) is 0 Å². The van der Waals surface area contributed by atoms with E-state index in [1.54, 1.807) is 0 Å². The van der Waals surface area contributed by atoms with Gasteiger partial charge in [-0.2, -0.15) is 10.2 Å². The van der Waals surface area contributed by atoms with Crippen molar-refractivity contribution < 1.29 is 28.4 Å². The van der Waals surface area contributed by atoms with E-state index in [1.807, 2.05) is 81.7 Å². The maximum Gasteiger partial charge on any atom is 0.498 e. The summed E-state index contributed by atoms with van der Waals surface area (Å²) in [4.78, 5) is 43.5. The number of hydrogen-bond acceptors (Lipinski definition) is 12. The lowest BCUT2D eigenvalue weighted by molar-refractivity contribution is 0.00578. The Labute approximate surface area is 503 Å². The van der Waals surface area contributed by atoms with Crippen molar-refractivity contribution in [2.45, 2.75) is 134 Å². The third-order valence-electron chi connectivity index (χ3n) is 17.2. The minimum Gasteiger partial charge on any atom is -0.399 e. The molecule has 2 atom stereocenters. The molecular weight excluding hydrogens is 1080 g/mol. The molecule has 9 heterocycles. The minimum atomic E-state index is -0.316. The van der Waals surface area contributed by atoms with Crippen molar-refractivity contribution in [2.75, 3.05) is 99.2 Å². The molecule has 20 heteroatoms. The van der Waals surface area contributed by atoms with Crippen LogP contribution in [0.1, 0.15) is 115 Å². The Morgan fingerprint density at radius 1 is 0.619 bits per heavy atom. The molecule has 11 rings (SSSR count). The molecule has 4 aromatic heterocycles. The van der Waals surface area contributed by atoms with E-state index < -0.39 is 0 Å². The molecule has 452 valence electrons. The Hall–Kier alpha value is -6.51. The number of nitrogens with zero attached hydrogens (tertiary/aromatic N) is 8. The van der Waals surface area contributed by atoms with Gasteiger partial charge < -0.3 is 49.0 Å². The number of benzene rings is 2. The van der Waals surface area contributed by atoms with Crippen LogP contribution in [0.25, 0.3) is 33.5 Å². The number of aryl methyl sites for hydroxylation is 6. The molecule has 18 nitrogen and oxygen atoms in total. The first-order valence-corrected chi connectivity index (χ1v) is 30.7. The Bertz CT molecular complexity index is 3150. The van der Waals surface area contributed by atoms with Gasteiger partial charge in [0, 0.05) is 86.1 Å². The fourth-order valence-corrected chi connectivity index (χ4v) is 11.5. The quantitative estimate of drug-likeness (QED) is 0.0751. The normalized spacial score (nSPS) is 19.0. The first-order chi connectivity index (χ1) is 40.2. The van der Waals surface area contributed by atoms with E-state index in [0.29, 0.717) is 43.4 Å². The second-order valence-electron chi connectivity index (χ2n) is 23.5. The lowest BCUT2D eigenvalue weighted by Gasteiger charge is -2.32. The zero-order valence-electron chi connectivity index (χ0n) is 52.2. The molecule has 5 saturated heterocycles. The second-order valence-corrected chi connectivity index (χ2v) is 23.9. The molecular formula is C64H90BClN12O6. The molecule has 84 heavy (non-hydrogen) atoms. The number of carbonyl (C=O) groups is 2. The van der Waals surface area contributed by atoms with Crippen LogP contribution in [0.15, 0.2) is 60.7 Å². The van der Waals surface area contributed by atoms with Crippen LogP contribution in [-0.2, 0) is 18.8 Å². The molecule has 5 fully saturated rings. The van der Waals surface area contributed by atoms with Crippen LogP contribution in [0.4, 0.5) is 32.6 Å². The van der Waals surface area contributed by atoms with E-state index in [1.165, 1.54) is 0 Å². The van der Waals surface area contributed by atoms with Gasteiger partial charge in [0.1, 0.15) is 16.8 Å². The van der Waals surface area contributed by atoms with E-state index in [-0.39, 0.29) is 30.4 Å². The number of ether oxygens (including phenoxy) is 2. The number of aromatic nitrogens is 6. The molecule has 0 bridgehead atoms. The number of hydrogen-bond donors (Lipinski definition) is 4. The van der Waals surface area contributed by atoms with Crippen molar-refractivity contribution in [3.63, 3.8) is 0 Å². The minimum absolute atomic E-state index is 0.0187. The first kappa shape index (κ1) is 63.5. The summed E-state index contributed by atoms with van der Waals surface area (Å²) in [5, 5.41) is 21.3. The molecule has 0 unspecified atom stereocenters. The fourth-order valence-electron chi connectivity index (χ4n) is 11.3. The average Bonchev–Trinajstić information content (AvgIpc) is 2.89. The molecule has 0 radical (unpaired) electrons. The van der Waals surface area contributed by atoms with Crippen molar-refractivity contribution in [3.05, 3.63) is 99.7 Å². The summed E-state index contributed by atoms with van der Waals surface area (Å²) in [6.07, 6.45) is 4.40. The highest BCUT2D eigenvalue weighted by atomic mass is 35.5. The topological polar surface area (TPSA) is 191 Å². The third kappa shape index (κ3) is 15.1. The van der Waals surface area contributed by atoms with Gasteiger partial charge in [-0.1, -0.05) is 64.3 Å². The van der Waals surface area contributed by atoms with Gasteiger partial charge in [0.15, 0.2) is 0 Å². The van der Waals surface area contributed by atoms with Crippen molar-refractivity contribution in [1.29, 1.82) is 0 Å². The van der Waals surface area contributed by atoms with Crippen LogP contribution < -0.4 is 25.9 Å². The Balaban J connectivity index is 0.000000173. The van der Waals surface area contributed by atoms with Gasteiger partial charge in [-0.15, -0.1) is 0 Å². The third-order valence-corrected chi connectivity index (χ3v) is 17.4. The summed E-state index contributed by atoms with van der Waals surface area (Å²) in [6, 6.07) is 20.3.